The number of esters is 1. The number of benzene rings is 1. The minimum Gasteiger partial charge on any atom is -0.507 e. The van der Waals surface area contributed by atoms with E-state index in [9.17, 15) is 24.6 Å². The summed E-state index contributed by atoms with van der Waals surface area (Å²) in [7, 11) is 1.22. The maximum Gasteiger partial charge on any atom is 0.330 e. The van der Waals surface area contributed by atoms with E-state index in [0.29, 0.717) is 15.6 Å². The molecule has 0 saturated carbocycles. The normalized spacial score (nSPS) is 13.0. The van der Waals surface area contributed by atoms with Crippen LogP contribution in [0.3, 0.4) is 0 Å². The number of ether oxygens (including phenoxy) is 1. The SMILES string of the molecule is COC(=O)[C@H](CC(C)C)NC(=O)NC(C(=O)O)c1ccc(O)c(I)c1. The van der Waals surface area contributed by atoms with Crippen molar-refractivity contribution in [2.24, 2.45) is 5.92 Å². The highest BCUT2D eigenvalue weighted by molar-refractivity contribution is 14.1. The monoisotopic (exact) mass is 464 g/mol. The maximum atomic E-state index is 12.2. The lowest BCUT2D eigenvalue weighted by Gasteiger charge is -2.21. The van der Waals surface area contributed by atoms with Crippen LogP contribution in [-0.2, 0) is 14.3 Å². The average molecular weight is 464 g/mol. The Morgan fingerprint density at radius 1 is 1.24 bits per heavy atom. The molecule has 2 atom stereocenters. The molecule has 1 aromatic rings. The van der Waals surface area contributed by atoms with Gasteiger partial charge in [0.15, 0.2) is 6.04 Å². The Balaban J connectivity index is 2.89. The number of halogens is 1. The first-order valence-corrected chi connectivity index (χ1v) is 8.59. The predicted molar refractivity (Wildman–Crippen MR) is 98.1 cm³/mol. The number of carboxylic acids is 1. The summed E-state index contributed by atoms with van der Waals surface area (Å²) in [6.45, 7) is 3.77. The molecule has 0 aliphatic rings. The summed E-state index contributed by atoms with van der Waals surface area (Å²) in [5.41, 5.74) is 0.295. The van der Waals surface area contributed by atoms with E-state index in [1.807, 2.05) is 36.4 Å². The molecule has 0 radical (unpaired) electrons. The summed E-state index contributed by atoms with van der Waals surface area (Å²) in [5.74, 6) is -1.73. The third-order valence-electron chi connectivity index (χ3n) is 3.33. The van der Waals surface area contributed by atoms with Crippen molar-refractivity contribution in [1.29, 1.82) is 0 Å². The molecular formula is C16H21IN2O6. The largest absolute Gasteiger partial charge is 0.507 e. The van der Waals surface area contributed by atoms with Crippen molar-refractivity contribution in [3.05, 3.63) is 27.3 Å². The standard InChI is InChI=1S/C16H21IN2O6/c1-8(2)6-11(15(23)25-3)18-16(24)19-13(14(21)22)9-4-5-12(20)10(17)7-9/h4-5,7-8,11,13,20H,6H2,1-3H3,(H,21,22)(H2,18,19,24)/t11-,13?/m0/s1. The molecular weight excluding hydrogens is 443 g/mol. The lowest BCUT2D eigenvalue weighted by Crippen LogP contribution is -2.49. The van der Waals surface area contributed by atoms with Crippen molar-refractivity contribution in [3.63, 3.8) is 0 Å². The Morgan fingerprint density at radius 3 is 2.36 bits per heavy atom. The second kappa shape index (κ2) is 9.44. The molecule has 0 saturated heterocycles. The first-order valence-electron chi connectivity index (χ1n) is 7.51. The average Bonchev–Trinajstić information content (AvgIpc) is 2.53. The molecule has 1 aromatic carbocycles. The van der Waals surface area contributed by atoms with Crippen LogP contribution in [0.5, 0.6) is 5.75 Å². The van der Waals surface area contributed by atoms with Crippen LogP contribution >= 0.6 is 22.6 Å². The third-order valence-corrected chi connectivity index (χ3v) is 4.19. The first-order chi connectivity index (χ1) is 11.6. The minimum absolute atomic E-state index is 0.0145. The van der Waals surface area contributed by atoms with E-state index in [2.05, 4.69) is 15.4 Å². The number of amides is 2. The van der Waals surface area contributed by atoms with Crippen molar-refractivity contribution in [3.8, 4) is 5.75 Å². The topological polar surface area (TPSA) is 125 Å². The smallest absolute Gasteiger partial charge is 0.330 e. The van der Waals surface area contributed by atoms with Crippen LogP contribution in [0.15, 0.2) is 18.2 Å². The van der Waals surface area contributed by atoms with E-state index < -0.39 is 30.1 Å². The van der Waals surface area contributed by atoms with Gasteiger partial charge in [-0.1, -0.05) is 19.9 Å². The van der Waals surface area contributed by atoms with Gasteiger partial charge in [0, 0.05) is 0 Å². The number of hydrogen-bond acceptors (Lipinski definition) is 5. The van der Waals surface area contributed by atoms with Gasteiger partial charge >= 0.3 is 18.0 Å². The number of aliphatic carboxylic acids is 1. The fourth-order valence-electron chi connectivity index (χ4n) is 2.15. The summed E-state index contributed by atoms with van der Waals surface area (Å²) >= 11 is 1.85. The van der Waals surface area contributed by atoms with Gasteiger partial charge in [-0.15, -0.1) is 0 Å². The molecule has 0 aromatic heterocycles. The van der Waals surface area contributed by atoms with Gasteiger partial charge < -0.3 is 25.6 Å². The van der Waals surface area contributed by atoms with Gasteiger partial charge in [-0.05, 0) is 52.6 Å². The summed E-state index contributed by atoms with van der Waals surface area (Å²) in [6, 6.07) is 1.21. The lowest BCUT2D eigenvalue weighted by atomic mass is 10.0. The minimum atomic E-state index is -1.33. The Kier molecular flexibility index (Phi) is 7.94. The van der Waals surface area contributed by atoms with Crippen molar-refractivity contribution < 1.29 is 29.3 Å². The Bertz CT molecular complexity index is 650. The van der Waals surface area contributed by atoms with Gasteiger partial charge in [0.05, 0.1) is 10.7 Å². The molecule has 0 heterocycles. The van der Waals surface area contributed by atoms with Gasteiger partial charge in [0.2, 0.25) is 0 Å². The van der Waals surface area contributed by atoms with Crippen LogP contribution in [0.25, 0.3) is 0 Å². The van der Waals surface area contributed by atoms with Gasteiger partial charge in [-0.2, -0.15) is 0 Å². The summed E-state index contributed by atoms with van der Waals surface area (Å²) in [6.07, 6.45) is 0.356. The van der Waals surface area contributed by atoms with Crippen LogP contribution in [0.1, 0.15) is 31.9 Å². The Labute approximate surface area is 159 Å². The Hall–Kier alpha value is -2.04. The molecule has 1 rings (SSSR count). The van der Waals surface area contributed by atoms with Crippen molar-refractivity contribution in [2.75, 3.05) is 7.11 Å². The molecule has 1 unspecified atom stereocenters. The quantitative estimate of drug-likeness (QED) is 0.362. The molecule has 0 spiro atoms. The van der Waals surface area contributed by atoms with Crippen LogP contribution in [-0.4, -0.2) is 41.3 Å². The van der Waals surface area contributed by atoms with Crippen molar-refractivity contribution >= 4 is 40.6 Å². The van der Waals surface area contributed by atoms with Crippen LogP contribution in [0.2, 0.25) is 0 Å². The van der Waals surface area contributed by atoms with Crippen LogP contribution in [0.4, 0.5) is 4.79 Å². The number of urea groups is 1. The molecule has 4 N–H and O–H groups in total. The highest BCUT2D eigenvalue weighted by atomic mass is 127. The van der Waals surface area contributed by atoms with Crippen LogP contribution in [0, 0.1) is 9.49 Å². The molecule has 0 bridgehead atoms. The van der Waals surface area contributed by atoms with Crippen molar-refractivity contribution in [2.45, 2.75) is 32.4 Å². The highest BCUT2D eigenvalue weighted by Crippen LogP contribution is 2.24. The fourth-order valence-corrected chi connectivity index (χ4v) is 2.69. The number of nitrogens with one attached hydrogen (secondary N) is 2. The second-order valence-corrected chi connectivity index (χ2v) is 6.97. The maximum absolute atomic E-state index is 12.2. The second-order valence-electron chi connectivity index (χ2n) is 5.81. The van der Waals surface area contributed by atoms with E-state index in [1.165, 1.54) is 25.3 Å². The summed E-state index contributed by atoms with van der Waals surface area (Å²) < 4.78 is 5.11. The number of phenols is 1. The Morgan fingerprint density at radius 2 is 1.88 bits per heavy atom. The number of aromatic hydroxyl groups is 1. The zero-order chi connectivity index (χ0) is 19.1. The first kappa shape index (κ1) is 21.0. The summed E-state index contributed by atoms with van der Waals surface area (Å²) in [4.78, 5) is 35.4. The molecule has 0 aliphatic heterocycles. The third kappa shape index (κ3) is 6.40. The highest BCUT2D eigenvalue weighted by Gasteiger charge is 2.27. The zero-order valence-corrected chi connectivity index (χ0v) is 16.2. The predicted octanol–water partition coefficient (Wildman–Crippen LogP) is 2.01. The molecule has 9 heteroatoms. The number of carbonyl (C=O) groups is 3. The van der Waals surface area contributed by atoms with E-state index in [4.69, 9.17) is 0 Å². The van der Waals surface area contributed by atoms with Crippen LogP contribution < -0.4 is 10.6 Å². The molecule has 8 nitrogen and oxygen atoms in total. The van der Waals surface area contributed by atoms with Gasteiger partial charge in [-0.3, -0.25) is 0 Å². The number of rotatable bonds is 7. The number of carbonyl (C=O) groups excluding carboxylic acids is 2. The van der Waals surface area contributed by atoms with E-state index in [1.54, 1.807) is 0 Å². The zero-order valence-electron chi connectivity index (χ0n) is 14.1. The fraction of sp³-hybridized carbons (Fsp3) is 0.438. The molecule has 2 amide bonds. The number of carboxylic acid groups (broad SMARTS) is 1. The van der Waals surface area contributed by atoms with Gasteiger partial charge in [0.25, 0.3) is 0 Å². The van der Waals surface area contributed by atoms with Gasteiger partial charge in [-0.25, -0.2) is 14.4 Å². The van der Waals surface area contributed by atoms with E-state index in [0.717, 1.165) is 0 Å². The summed E-state index contributed by atoms with van der Waals surface area (Å²) in [5, 5.41) is 23.7. The number of hydrogen-bond donors (Lipinski definition) is 4. The van der Waals surface area contributed by atoms with E-state index in [-0.39, 0.29) is 11.7 Å². The molecule has 0 aliphatic carbocycles. The molecule has 138 valence electrons. The molecule has 0 fully saturated rings. The molecule has 25 heavy (non-hydrogen) atoms. The van der Waals surface area contributed by atoms with Crippen molar-refractivity contribution in [1.82, 2.24) is 10.6 Å². The number of methoxy groups -OCH3 is 1. The van der Waals surface area contributed by atoms with Gasteiger partial charge in [0.1, 0.15) is 11.8 Å². The number of phenolic OH excluding ortho intramolecular Hbond substituents is 1. The lowest BCUT2D eigenvalue weighted by molar-refractivity contribution is -0.143. The van der Waals surface area contributed by atoms with E-state index >= 15 is 0 Å².